The number of fused-ring (bicyclic) bond motifs is 1. The average Bonchev–Trinajstić information content (AvgIpc) is 3.07. The number of nitrogens with one attached hydrogen (secondary N) is 1. The van der Waals surface area contributed by atoms with Crippen molar-refractivity contribution in [2.45, 2.75) is 19.8 Å². The molecule has 8 heteroatoms. The molecule has 0 bridgehead atoms. The van der Waals surface area contributed by atoms with Crippen LogP contribution in [0.4, 0.5) is 5.82 Å². The zero-order chi connectivity index (χ0) is 18.7. The number of phenols is 1. The summed E-state index contributed by atoms with van der Waals surface area (Å²) in [5.41, 5.74) is 3.57. The first kappa shape index (κ1) is 17.9. The third-order valence-corrected chi connectivity index (χ3v) is 5.15. The van der Waals surface area contributed by atoms with Crippen molar-refractivity contribution in [3.63, 3.8) is 0 Å². The Hall–Kier alpha value is -2.87. The quantitative estimate of drug-likeness (QED) is 0.502. The number of ether oxygens (including phenoxy) is 2. The molecular formula is C18H20N4O3S. The lowest BCUT2D eigenvalue weighted by molar-refractivity contribution is 0.384. The number of hydrogen-bond donors (Lipinski definition) is 2. The van der Waals surface area contributed by atoms with Crippen LogP contribution in [0.3, 0.4) is 0 Å². The first-order valence-electron chi connectivity index (χ1n) is 8.02. The molecule has 0 saturated heterocycles. The lowest BCUT2D eigenvalue weighted by Gasteiger charge is -2.10. The van der Waals surface area contributed by atoms with E-state index in [1.54, 1.807) is 17.6 Å². The molecule has 2 heterocycles. The zero-order valence-corrected chi connectivity index (χ0v) is 15.8. The lowest BCUT2D eigenvalue weighted by Crippen LogP contribution is -1.99. The van der Waals surface area contributed by atoms with Gasteiger partial charge in [-0.3, -0.25) is 5.43 Å². The summed E-state index contributed by atoms with van der Waals surface area (Å²) in [4.78, 5) is 10.8. The number of hydrazone groups is 1. The van der Waals surface area contributed by atoms with Crippen LogP contribution in [0.5, 0.6) is 17.2 Å². The number of anilines is 1. The van der Waals surface area contributed by atoms with E-state index in [9.17, 15) is 5.11 Å². The molecule has 136 valence electrons. The molecule has 0 amide bonds. The number of hydrogen-bond acceptors (Lipinski definition) is 8. The summed E-state index contributed by atoms with van der Waals surface area (Å²) >= 11 is 1.65. The molecule has 0 aliphatic carbocycles. The number of nitrogens with zero attached hydrogens (tertiary/aromatic N) is 3. The van der Waals surface area contributed by atoms with E-state index in [0.717, 1.165) is 10.2 Å². The topological polar surface area (TPSA) is 88.9 Å². The van der Waals surface area contributed by atoms with E-state index in [4.69, 9.17) is 9.47 Å². The number of methoxy groups -OCH3 is 2. The second kappa shape index (κ2) is 7.57. The average molecular weight is 372 g/mol. The molecule has 7 nitrogen and oxygen atoms in total. The highest BCUT2D eigenvalue weighted by Crippen LogP contribution is 2.33. The van der Waals surface area contributed by atoms with Gasteiger partial charge in [0.15, 0.2) is 5.82 Å². The first-order valence-corrected chi connectivity index (χ1v) is 8.83. The predicted octanol–water partition coefficient (Wildman–Crippen LogP) is 3.98. The number of thiophene rings is 1. The van der Waals surface area contributed by atoms with E-state index >= 15 is 0 Å². The van der Waals surface area contributed by atoms with E-state index in [2.05, 4.69) is 40.4 Å². The fourth-order valence-corrected chi connectivity index (χ4v) is 3.46. The minimum Gasteiger partial charge on any atom is -0.508 e. The monoisotopic (exact) mass is 372 g/mol. The van der Waals surface area contributed by atoms with Gasteiger partial charge in [0.1, 0.15) is 28.4 Å². The molecule has 3 aromatic rings. The van der Waals surface area contributed by atoms with Crippen LogP contribution in [0.25, 0.3) is 10.2 Å². The van der Waals surface area contributed by atoms with Crippen LogP contribution in [0.1, 0.15) is 30.2 Å². The summed E-state index contributed by atoms with van der Waals surface area (Å²) in [6, 6.07) is 5.09. The summed E-state index contributed by atoms with van der Waals surface area (Å²) in [5, 5.41) is 14.9. The SMILES string of the molecule is COc1cc(O)cc(OC)c1C=NNc1ncnc2sc(C(C)C)cc12. The van der Waals surface area contributed by atoms with Crippen molar-refractivity contribution in [1.29, 1.82) is 0 Å². The molecule has 0 saturated carbocycles. The van der Waals surface area contributed by atoms with Crippen LogP contribution in [0.15, 0.2) is 29.6 Å². The maximum Gasteiger partial charge on any atom is 0.158 e. The van der Waals surface area contributed by atoms with Crippen molar-refractivity contribution < 1.29 is 14.6 Å². The Morgan fingerprint density at radius 2 is 1.85 bits per heavy atom. The van der Waals surface area contributed by atoms with Gasteiger partial charge < -0.3 is 14.6 Å². The highest BCUT2D eigenvalue weighted by molar-refractivity contribution is 7.18. The van der Waals surface area contributed by atoms with Gasteiger partial charge in [0.2, 0.25) is 0 Å². The standard InChI is InChI=1S/C18H20N4O3S/c1-10(2)16-7-12-17(19-9-20-18(12)26-16)22-21-8-13-14(24-3)5-11(23)6-15(13)25-4/h5-10,23H,1-4H3,(H,19,20,22). The fraction of sp³-hybridized carbons (Fsp3) is 0.278. The van der Waals surface area contributed by atoms with Crippen LogP contribution in [-0.2, 0) is 0 Å². The van der Waals surface area contributed by atoms with Crippen molar-refractivity contribution >= 4 is 33.6 Å². The highest BCUT2D eigenvalue weighted by Gasteiger charge is 2.12. The molecule has 2 aromatic heterocycles. The van der Waals surface area contributed by atoms with Crippen LogP contribution < -0.4 is 14.9 Å². The Kier molecular flexibility index (Phi) is 5.22. The minimum absolute atomic E-state index is 0.0563. The first-order chi connectivity index (χ1) is 12.5. The molecule has 2 N–H and O–H groups in total. The van der Waals surface area contributed by atoms with Crippen LogP contribution >= 0.6 is 11.3 Å². The Morgan fingerprint density at radius 3 is 2.46 bits per heavy atom. The molecule has 0 spiro atoms. The predicted molar refractivity (Wildman–Crippen MR) is 104 cm³/mol. The van der Waals surface area contributed by atoms with Crippen molar-refractivity contribution in [3.8, 4) is 17.2 Å². The minimum atomic E-state index is 0.0563. The Labute approximate surface area is 155 Å². The van der Waals surface area contributed by atoms with E-state index in [0.29, 0.717) is 28.8 Å². The summed E-state index contributed by atoms with van der Waals surface area (Å²) < 4.78 is 10.6. The lowest BCUT2D eigenvalue weighted by atomic mass is 10.2. The second-order valence-corrected chi connectivity index (χ2v) is 6.94. The van der Waals surface area contributed by atoms with E-state index in [-0.39, 0.29) is 5.75 Å². The second-order valence-electron chi connectivity index (χ2n) is 5.88. The Bertz CT molecular complexity index is 928. The van der Waals surface area contributed by atoms with Gasteiger partial charge in [0.05, 0.1) is 31.4 Å². The van der Waals surface area contributed by atoms with Gasteiger partial charge in [0, 0.05) is 17.0 Å². The third-order valence-electron chi connectivity index (χ3n) is 3.81. The maximum atomic E-state index is 9.71. The number of rotatable bonds is 6. The van der Waals surface area contributed by atoms with Gasteiger partial charge in [-0.1, -0.05) is 13.8 Å². The summed E-state index contributed by atoms with van der Waals surface area (Å²) in [6.07, 6.45) is 3.09. The van der Waals surface area contributed by atoms with Crippen molar-refractivity contribution in [1.82, 2.24) is 9.97 Å². The Morgan fingerprint density at radius 1 is 1.15 bits per heavy atom. The molecule has 0 aliphatic heterocycles. The molecule has 0 radical (unpaired) electrons. The van der Waals surface area contributed by atoms with Gasteiger partial charge in [0.25, 0.3) is 0 Å². The van der Waals surface area contributed by atoms with Crippen LogP contribution in [-0.4, -0.2) is 35.5 Å². The number of phenolic OH excluding ortho intramolecular Hbond substituents is 1. The third kappa shape index (κ3) is 3.55. The van der Waals surface area contributed by atoms with Crippen LogP contribution in [0, 0.1) is 0 Å². The molecule has 0 unspecified atom stereocenters. The smallest absolute Gasteiger partial charge is 0.158 e. The molecule has 0 aliphatic rings. The van der Waals surface area contributed by atoms with Gasteiger partial charge in [-0.05, 0) is 12.0 Å². The highest BCUT2D eigenvalue weighted by atomic mass is 32.1. The van der Waals surface area contributed by atoms with E-state index in [1.165, 1.54) is 37.6 Å². The number of aromatic hydroxyl groups is 1. The number of benzene rings is 1. The van der Waals surface area contributed by atoms with E-state index in [1.807, 2.05) is 0 Å². The normalized spacial score (nSPS) is 11.4. The van der Waals surface area contributed by atoms with Crippen molar-refractivity contribution in [3.05, 3.63) is 35.0 Å². The molecule has 0 atom stereocenters. The van der Waals surface area contributed by atoms with E-state index < -0.39 is 0 Å². The molecule has 1 aromatic carbocycles. The van der Waals surface area contributed by atoms with Gasteiger partial charge in [-0.15, -0.1) is 11.3 Å². The molecule has 26 heavy (non-hydrogen) atoms. The number of aromatic nitrogens is 2. The zero-order valence-electron chi connectivity index (χ0n) is 15.0. The molecular weight excluding hydrogens is 352 g/mol. The Balaban J connectivity index is 1.91. The molecule has 0 fully saturated rings. The van der Waals surface area contributed by atoms with Crippen LogP contribution in [0.2, 0.25) is 0 Å². The molecule has 3 rings (SSSR count). The maximum absolute atomic E-state index is 9.71. The largest absolute Gasteiger partial charge is 0.508 e. The summed E-state index contributed by atoms with van der Waals surface area (Å²) in [6.45, 7) is 4.29. The van der Waals surface area contributed by atoms with Gasteiger partial charge >= 0.3 is 0 Å². The fourth-order valence-electron chi connectivity index (χ4n) is 2.46. The van der Waals surface area contributed by atoms with Gasteiger partial charge in [-0.2, -0.15) is 5.10 Å². The van der Waals surface area contributed by atoms with Gasteiger partial charge in [-0.25, -0.2) is 9.97 Å². The van der Waals surface area contributed by atoms with Crippen molar-refractivity contribution in [2.75, 3.05) is 19.6 Å². The summed E-state index contributed by atoms with van der Waals surface area (Å²) in [7, 11) is 3.04. The van der Waals surface area contributed by atoms with Crippen molar-refractivity contribution in [2.24, 2.45) is 5.10 Å². The summed E-state index contributed by atoms with van der Waals surface area (Å²) in [5.74, 6) is 2.03.